The highest BCUT2D eigenvalue weighted by Crippen LogP contribution is 2.10. The van der Waals surface area contributed by atoms with Crippen molar-refractivity contribution in [3.05, 3.63) is 35.9 Å². The molecule has 0 N–H and O–H groups in total. The molecular weight excluding hydrogens is 224 g/mol. The predicted octanol–water partition coefficient (Wildman–Crippen LogP) is 1.35. The van der Waals surface area contributed by atoms with Crippen LogP contribution in [-0.4, -0.2) is 18.7 Å². The Balaban J connectivity index is 2.23. The van der Waals surface area contributed by atoms with Gasteiger partial charge >= 0.3 is 0 Å². The van der Waals surface area contributed by atoms with Gasteiger partial charge in [0, 0.05) is 17.8 Å². The molecule has 0 atom stereocenters. The van der Waals surface area contributed by atoms with Crippen molar-refractivity contribution in [1.29, 1.82) is 0 Å². The van der Waals surface area contributed by atoms with Crippen LogP contribution in [0.2, 0.25) is 0 Å². The molecule has 0 aromatic heterocycles. The first-order valence-corrected chi connectivity index (χ1v) is 6.13. The molecule has 0 aliphatic carbocycles. The van der Waals surface area contributed by atoms with Crippen LogP contribution in [0.15, 0.2) is 30.3 Å². The lowest BCUT2D eigenvalue weighted by Crippen LogP contribution is -1.99. The van der Waals surface area contributed by atoms with Crippen molar-refractivity contribution in [2.75, 3.05) is 5.75 Å². The molecule has 0 aliphatic rings. The molecule has 0 radical (unpaired) electrons. The molecule has 1 rings (SSSR count). The molecule has 0 fully saturated rings. The molecule has 0 saturated heterocycles. The van der Waals surface area contributed by atoms with E-state index < -0.39 is 10.4 Å². The van der Waals surface area contributed by atoms with Gasteiger partial charge in [-0.1, -0.05) is 30.3 Å². The molecule has 14 heavy (non-hydrogen) atoms. The summed E-state index contributed by atoms with van der Waals surface area (Å²) in [6.45, 7) is 0. The average molecular weight is 233 g/mol. The van der Waals surface area contributed by atoms with E-state index in [9.17, 15) is 13.0 Å². The highest BCUT2D eigenvalue weighted by atomic mass is 32.3. The van der Waals surface area contributed by atoms with Crippen molar-refractivity contribution in [2.24, 2.45) is 0 Å². The predicted molar refractivity (Wildman–Crippen MR) is 53.4 cm³/mol. The fraction of sp³-hybridized carbons (Fsp3) is 0.250. The van der Waals surface area contributed by atoms with Crippen molar-refractivity contribution in [1.82, 2.24) is 0 Å². The lowest BCUT2D eigenvalue weighted by atomic mass is 10.2. The minimum atomic E-state index is -4.57. The summed E-state index contributed by atoms with van der Waals surface area (Å²) >= 11 is 0.655. The van der Waals surface area contributed by atoms with Gasteiger partial charge in [0.2, 0.25) is 10.4 Å². The highest BCUT2D eigenvalue weighted by molar-refractivity contribution is 8.02. The molecule has 78 valence electrons. The van der Waals surface area contributed by atoms with Crippen LogP contribution in [0, 0.1) is 0 Å². The Hall–Kier alpha value is -0.560. The third kappa shape index (κ3) is 5.23. The van der Waals surface area contributed by atoms with Crippen LogP contribution in [0.3, 0.4) is 0 Å². The Morgan fingerprint density at radius 1 is 1.29 bits per heavy atom. The SMILES string of the molecule is O=S(=O)([O-])OSCCc1ccccc1. The van der Waals surface area contributed by atoms with E-state index in [-0.39, 0.29) is 0 Å². The van der Waals surface area contributed by atoms with Crippen LogP contribution in [0.25, 0.3) is 0 Å². The third-order valence-corrected chi connectivity index (χ3v) is 2.87. The average Bonchev–Trinajstić information content (AvgIpc) is 2.13. The molecule has 6 heteroatoms. The molecular formula is C8H9O4S2-. The van der Waals surface area contributed by atoms with Gasteiger partial charge in [-0.3, -0.25) is 0 Å². The number of hydrogen-bond donors (Lipinski definition) is 0. The number of rotatable bonds is 5. The first kappa shape index (κ1) is 11.5. The van der Waals surface area contributed by atoms with Gasteiger partial charge in [-0.15, -0.1) is 0 Å². The molecule has 4 nitrogen and oxygen atoms in total. The van der Waals surface area contributed by atoms with Gasteiger partial charge in [0.25, 0.3) is 0 Å². The zero-order chi connectivity index (χ0) is 10.4. The summed E-state index contributed by atoms with van der Waals surface area (Å²) < 4.78 is 34.1. The molecule has 0 aliphatic heterocycles. The van der Waals surface area contributed by atoms with E-state index >= 15 is 0 Å². The monoisotopic (exact) mass is 233 g/mol. The van der Waals surface area contributed by atoms with E-state index in [2.05, 4.69) is 3.63 Å². The largest absolute Gasteiger partial charge is 0.725 e. The van der Waals surface area contributed by atoms with Gasteiger partial charge in [0.1, 0.15) is 0 Å². The summed E-state index contributed by atoms with van der Waals surface area (Å²) in [5.74, 6) is 0.436. The van der Waals surface area contributed by atoms with E-state index in [0.29, 0.717) is 24.2 Å². The third-order valence-electron chi connectivity index (χ3n) is 1.45. The van der Waals surface area contributed by atoms with Crippen LogP contribution < -0.4 is 0 Å². The standard InChI is InChI=1S/C8H10O4S2/c9-14(10,11)12-13-7-6-8-4-2-1-3-5-8/h1-5H,6-7H2,(H,9,10,11)/p-1. The van der Waals surface area contributed by atoms with E-state index in [4.69, 9.17) is 0 Å². The zero-order valence-electron chi connectivity index (χ0n) is 7.25. The highest BCUT2D eigenvalue weighted by Gasteiger charge is 1.96. The van der Waals surface area contributed by atoms with Crippen LogP contribution in [0.5, 0.6) is 0 Å². The maximum atomic E-state index is 10.0. The Labute approximate surface area is 87.4 Å². The normalized spacial score (nSPS) is 11.5. The molecule has 0 unspecified atom stereocenters. The smallest absolute Gasteiger partial charge is 0.228 e. The first-order chi connectivity index (χ1) is 6.58. The fourth-order valence-electron chi connectivity index (χ4n) is 0.897. The lowest BCUT2D eigenvalue weighted by molar-refractivity contribution is 0.391. The lowest BCUT2D eigenvalue weighted by Gasteiger charge is -2.05. The Kier molecular flexibility index (Phi) is 4.40. The summed E-state index contributed by atoms with van der Waals surface area (Å²) in [6, 6.07) is 9.53. The number of aryl methyl sites for hydroxylation is 1. The summed E-state index contributed by atoms with van der Waals surface area (Å²) in [6.07, 6.45) is 0.668. The second kappa shape index (κ2) is 5.35. The van der Waals surface area contributed by atoms with Gasteiger partial charge in [-0.25, -0.2) is 12.0 Å². The summed E-state index contributed by atoms with van der Waals surface area (Å²) in [5, 5.41) is 0. The summed E-state index contributed by atoms with van der Waals surface area (Å²) in [5.41, 5.74) is 1.08. The molecule has 0 bridgehead atoms. The van der Waals surface area contributed by atoms with E-state index in [1.54, 1.807) is 0 Å². The van der Waals surface area contributed by atoms with E-state index in [1.807, 2.05) is 30.3 Å². The molecule has 0 heterocycles. The van der Waals surface area contributed by atoms with Gasteiger partial charge in [-0.05, 0) is 12.0 Å². The quantitative estimate of drug-likeness (QED) is 0.332. The van der Waals surface area contributed by atoms with Crippen molar-refractivity contribution in [3.63, 3.8) is 0 Å². The molecule has 0 saturated carbocycles. The number of hydrogen-bond acceptors (Lipinski definition) is 5. The number of benzene rings is 1. The Bertz CT molecular complexity index is 360. The van der Waals surface area contributed by atoms with Crippen molar-refractivity contribution >= 4 is 22.4 Å². The fourth-order valence-corrected chi connectivity index (χ4v) is 1.96. The van der Waals surface area contributed by atoms with Gasteiger partial charge in [-0.2, -0.15) is 0 Å². The second-order valence-electron chi connectivity index (χ2n) is 2.53. The molecule has 1 aromatic rings. The van der Waals surface area contributed by atoms with Gasteiger partial charge < -0.3 is 4.55 Å². The van der Waals surface area contributed by atoms with Crippen LogP contribution in [0.4, 0.5) is 0 Å². The second-order valence-corrected chi connectivity index (χ2v) is 4.54. The van der Waals surface area contributed by atoms with Crippen molar-refractivity contribution in [3.8, 4) is 0 Å². The molecule has 1 aromatic carbocycles. The minimum absolute atomic E-state index is 0.436. The topological polar surface area (TPSA) is 66.4 Å². The molecule has 0 amide bonds. The van der Waals surface area contributed by atoms with Crippen LogP contribution in [0.1, 0.15) is 5.56 Å². The maximum Gasteiger partial charge on any atom is 0.228 e. The zero-order valence-corrected chi connectivity index (χ0v) is 8.88. The van der Waals surface area contributed by atoms with Crippen molar-refractivity contribution in [2.45, 2.75) is 6.42 Å². The Morgan fingerprint density at radius 3 is 2.50 bits per heavy atom. The van der Waals surface area contributed by atoms with Crippen LogP contribution in [-0.2, 0) is 20.4 Å². The van der Waals surface area contributed by atoms with E-state index in [1.165, 1.54) is 0 Å². The van der Waals surface area contributed by atoms with Crippen LogP contribution >= 0.6 is 12.0 Å². The van der Waals surface area contributed by atoms with Gasteiger partial charge in [0.05, 0.1) is 0 Å². The summed E-state index contributed by atoms with van der Waals surface area (Å²) in [7, 11) is -4.57. The van der Waals surface area contributed by atoms with Gasteiger partial charge in [0.15, 0.2) is 0 Å². The first-order valence-electron chi connectivity index (χ1n) is 3.89. The molecule has 0 spiro atoms. The summed E-state index contributed by atoms with van der Waals surface area (Å²) in [4.78, 5) is 0. The minimum Gasteiger partial charge on any atom is -0.725 e. The van der Waals surface area contributed by atoms with E-state index in [0.717, 1.165) is 5.56 Å². The Morgan fingerprint density at radius 2 is 1.93 bits per heavy atom. The maximum absolute atomic E-state index is 10.0. The van der Waals surface area contributed by atoms with Crippen molar-refractivity contribution < 1.29 is 16.6 Å².